The molecule has 0 bridgehead atoms. The maximum Gasteiger partial charge on any atom is 0.334 e. The van der Waals surface area contributed by atoms with Crippen LogP contribution in [0.5, 0.6) is 0 Å². The lowest BCUT2D eigenvalue weighted by molar-refractivity contribution is -0.258. The number of esters is 1. The number of rotatable bonds is 1. The third-order valence-corrected chi connectivity index (χ3v) is 7.28. The van der Waals surface area contributed by atoms with E-state index in [4.69, 9.17) is 9.15 Å². The summed E-state index contributed by atoms with van der Waals surface area (Å²) in [6.45, 7) is 3.46. The minimum Gasteiger partial charge on any atom is -0.472 e. The topological polar surface area (TPSA) is 100 Å². The van der Waals surface area contributed by atoms with Crippen LogP contribution in [0.2, 0.25) is 0 Å². The SMILES string of the molecule is C[C@]12CCC(=C3C[C@@H](c4ccoc4)OC3=O)C[C@@]1(O)CC[C@@H](O)[C@]2(C)O. The molecule has 1 aromatic heterocycles. The molecule has 0 aromatic carbocycles. The van der Waals surface area contributed by atoms with Crippen LogP contribution in [0.4, 0.5) is 0 Å². The van der Waals surface area contributed by atoms with Crippen LogP contribution in [0.1, 0.15) is 64.0 Å². The van der Waals surface area contributed by atoms with Crippen molar-refractivity contribution >= 4 is 5.97 Å². The molecule has 2 aliphatic carbocycles. The summed E-state index contributed by atoms with van der Waals surface area (Å²) < 4.78 is 10.6. The summed E-state index contributed by atoms with van der Waals surface area (Å²) >= 11 is 0. The Hall–Kier alpha value is -1.63. The van der Waals surface area contributed by atoms with Crippen LogP contribution in [0.25, 0.3) is 0 Å². The van der Waals surface area contributed by atoms with E-state index >= 15 is 0 Å². The Labute approximate surface area is 152 Å². The van der Waals surface area contributed by atoms with Gasteiger partial charge < -0.3 is 24.5 Å². The van der Waals surface area contributed by atoms with Crippen molar-refractivity contribution in [2.75, 3.05) is 0 Å². The second kappa shape index (κ2) is 5.68. The first kappa shape index (κ1) is 17.8. The van der Waals surface area contributed by atoms with Crippen molar-refractivity contribution in [3.8, 4) is 0 Å². The lowest BCUT2D eigenvalue weighted by atomic mass is 9.49. The van der Waals surface area contributed by atoms with Crippen LogP contribution in [0.15, 0.2) is 34.2 Å². The number of ether oxygens (including phenoxy) is 1. The van der Waals surface area contributed by atoms with Gasteiger partial charge in [-0.05, 0) is 45.1 Å². The Morgan fingerprint density at radius 3 is 2.69 bits per heavy atom. The monoisotopic (exact) mass is 362 g/mol. The van der Waals surface area contributed by atoms with E-state index in [0.717, 1.165) is 11.1 Å². The van der Waals surface area contributed by atoms with Crippen molar-refractivity contribution in [1.82, 2.24) is 0 Å². The number of carbonyl (C=O) groups is 1. The van der Waals surface area contributed by atoms with Crippen molar-refractivity contribution in [1.29, 1.82) is 0 Å². The third kappa shape index (κ3) is 2.32. The van der Waals surface area contributed by atoms with Crippen molar-refractivity contribution < 1.29 is 29.3 Å². The molecule has 142 valence electrons. The minimum atomic E-state index is -1.37. The van der Waals surface area contributed by atoms with Gasteiger partial charge >= 0.3 is 5.97 Å². The summed E-state index contributed by atoms with van der Waals surface area (Å²) in [5.74, 6) is -0.332. The van der Waals surface area contributed by atoms with Gasteiger partial charge in [0.25, 0.3) is 0 Å². The van der Waals surface area contributed by atoms with Crippen molar-refractivity contribution in [3.63, 3.8) is 0 Å². The van der Waals surface area contributed by atoms with Gasteiger partial charge in [0, 0.05) is 23.0 Å². The zero-order valence-electron chi connectivity index (χ0n) is 15.2. The normalized spacial score (nSPS) is 46.1. The number of fused-ring (bicyclic) bond motifs is 1. The maximum absolute atomic E-state index is 12.4. The van der Waals surface area contributed by atoms with E-state index in [2.05, 4.69) is 0 Å². The lowest BCUT2D eigenvalue weighted by Crippen LogP contribution is -2.68. The number of hydrogen-bond acceptors (Lipinski definition) is 6. The van der Waals surface area contributed by atoms with Gasteiger partial charge in [-0.2, -0.15) is 0 Å². The first-order valence-electron chi connectivity index (χ1n) is 9.25. The fraction of sp³-hybridized carbons (Fsp3) is 0.650. The first-order valence-corrected chi connectivity index (χ1v) is 9.25. The van der Waals surface area contributed by atoms with Crippen LogP contribution < -0.4 is 0 Å². The zero-order valence-corrected chi connectivity index (χ0v) is 15.2. The molecule has 26 heavy (non-hydrogen) atoms. The number of hydrogen-bond donors (Lipinski definition) is 3. The van der Waals surface area contributed by atoms with Crippen molar-refractivity contribution in [3.05, 3.63) is 35.3 Å². The molecule has 1 aliphatic heterocycles. The van der Waals surface area contributed by atoms with Crippen LogP contribution in [0, 0.1) is 5.41 Å². The number of aliphatic hydroxyl groups excluding tert-OH is 1. The average molecular weight is 362 g/mol. The predicted molar refractivity (Wildman–Crippen MR) is 92.0 cm³/mol. The molecule has 1 aromatic rings. The Morgan fingerprint density at radius 2 is 2.00 bits per heavy atom. The molecule has 1 saturated heterocycles. The van der Waals surface area contributed by atoms with E-state index < -0.39 is 22.7 Å². The molecule has 2 heterocycles. The maximum atomic E-state index is 12.4. The van der Waals surface area contributed by atoms with Gasteiger partial charge in [-0.15, -0.1) is 0 Å². The molecule has 0 amide bonds. The number of aliphatic hydroxyl groups is 3. The van der Waals surface area contributed by atoms with Crippen molar-refractivity contribution in [2.24, 2.45) is 5.41 Å². The van der Waals surface area contributed by atoms with Gasteiger partial charge in [-0.25, -0.2) is 4.79 Å². The highest BCUT2D eigenvalue weighted by Gasteiger charge is 2.64. The van der Waals surface area contributed by atoms with Gasteiger partial charge in [0.15, 0.2) is 0 Å². The molecule has 2 saturated carbocycles. The average Bonchev–Trinajstić information content (AvgIpc) is 3.23. The molecule has 5 atom stereocenters. The Kier molecular flexibility index (Phi) is 3.88. The number of carbonyl (C=O) groups excluding carboxylic acids is 1. The van der Waals surface area contributed by atoms with Gasteiger partial charge in [-0.1, -0.05) is 12.5 Å². The van der Waals surface area contributed by atoms with E-state index in [9.17, 15) is 20.1 Å². The second-order valence-corrected chi connectivity index (χ2v) is 8.48. The molecule has 6 heteroatoms. The molecular formula is C20H26O6. The van der Waals surface area contributed by atoms with E-state index in [0.29, 0.717) is 44.1 Å². The van der Waals surface area contributed by atoms with E-state index in [1.807, 2.05) is 6.92 Å². The molecule has 3 fully saturated rings. The molecule has 0 spiro atoms. The summed E-state index contributed by atoms with van der Waals surface area (Å²) in [6.07, 6.45) is 4.58. The standard InChI is InChI=1S/C20H26O6/c1-18-6-3-12(10-20(18,24)7-4-16(21)19(18,2)23)14-9-15(26-17(14)22)13-5-8-25-11-13/h5,8,11,15-16,21,23-24H,3-4,6-7,9-10H2,1-2H3/t15-,16+,18+,19-,20-/m0/s1. The van der Waals surface area contributed by atoms with Crippen LogP contribution >= 0.6 is 0 Å². The fourth-order valence-corrected chi connectivity index (χ4v) is 5.08. The van der Waals surface area contributed by atoms with E-state index in [1.165, 1.54) is 0 Å². The molecule has 0 unspecified atom stereocenters. The smallest absolute Gasteiger partial charge is 0.334 e. The zero-order chi connectivity index (χ0) is 18.7. The van der Waals surface area contributed by atoms with E-state index in [-0.39, 0.29) is 12.1 Å². The molecule has 3 aliphatic rings. The predicted octanol–water partition coefficient (Wildman–Crippen LogP) is 2.39. The highest BCUT2D eigenvalue weighted by molar-refractivity contribution is 5.91. The Morgan fingerprint density at radius 1 is 1.23 bits per heavy atom. The van der Waals surface area contributed by atoms with E-state index in [1.54, 1.807) is 25.5 Å². The highest BCUT2D eigenvalue weighted by Crippen LogP contribution is 2.59. The van der Waals surface area contributed by atoms with Gasteiger partial charge in [0.1, 0.15) is 6.10 Å². The van der Waals surface area contributed by atoms with Crippen LogP contribution in [0.3, 0.4) is 0 Å². The quantitative estimate of drug-likeness (QED) is 0.524. The van der Waals surface area contributed by atoms with Gasteiger partial charge in [0.2, 0.25) is 0 Å². The molecule has 0 radical (unpaired) electrons. The number of furan rings is 1. The third-order valence-electron chi connectivity index (χ3n) is 7.28. The molecule has 6 nitrogen and oxygen atoms in total. The van der Waals surface area contributed by atoms with Gasteiger partial charge in [0.05, 0.1) is 29.8 Å². The Balaban J connectivity index is 1.64. The second-order valence-electron chi connectivity index (χ2n) is 8.48. The minimum absolute atomic E-state index is 0.328. The largest absolute Gasteiger partial charge is 0.472 e. The van der Waals surface area contributed by atoms with Crippen molar-refractivity contribution in [2.45, 2.75) is 75.8 Å². The first-order chi connectivity index (χ1) is 12.2. The summed E-state index contributed by atoms with van der Waals surface area (Å²) in [4.78, 5) is 12.4. The Bertz CT molecular complexity index is 748. The molecular weight excluding hydrogens is 336 g/mol. The fourth-order valence-electron chi connectivity index (χ4n) is 5.08. The molecule has 3 N–H and O–H groups in total. The van der Waals surface area contributed by atoms with Gasteiger partial charge in [-0.3, -0.25) is 0 Å². The molecule has 4 rings (SSSR count). The van der Waals surface area contributed by atoms with Crippen LogP contribution in [-0.2, 0) is 9.53 Å². The summed E-state index contributed by atoms with van der Waals surface area (Å²) in [6, 6.07) is 1.79. The summed E-state index contributed by atoms with van der Waals surface area (Å²) in [7, 11) is 0. The summed E-state index contributed by atoms with van der Waals surface area (Å²) in [5.41, 5.74) is -0.966. The highest BCUT2D eigenvalue weighted by atomic mass is 16.6. The van der Waals surface area contributed by atoms with Crippen LogP contribution in [-0.4, -0.2) is 38.6 Å². The number of cyclic esters (lactones) is 1. The lowest BCUT2D eigenvalue weighted by Gasteiger charge is -2.61. The summed E-state index contributed by atoms with van der Waals surface area (Å²) in [5, 5.41) is 32.6.